The number of pyridine rings is 1. The Labute approximate surface area is 170 Å². The summed E-state index contributed by atoms with van der Waals surface area (Å²) in [6, 6.07) is 11.3. The van der Waals surface area contributed by atoms with Crippen molar-refractivity contribution in [3.05, 3.63) is 72.1 Å². The van der Waals surface area contributed by atoms with Crippen molar-refractivity contribution in [3.63, 3.8) is 0 Å². The number of amides is 1. The number of aryl methyl sites for hydroxylation is 1. The lowest BCUT2D eigenvalue weighted by atomic mass is 9.89. The van der Waals surface area contributed by atoms with Crippen molar-refractivity contribution >= 4 is 5.91 Å². The molecule has 1 aliphatic heterocycles. The molecule has 3 aromatic rings. The van der Waals surface area contributed by atoms with E-state index in [1.807, 2.05) is 54.4 Å². The molecular formula is C23H24N4O2. The van der Waals surface area contributed by atoms with Crippen LogP contribution in [0, 0.1) is 6.92 Å². The third-order valence-electron chi connectivity index (χ3n) is 5.44. The van der Waals surface area contributed by atoms with Gasteiger partial charge in [-0.3, -0.25) is 9.78 Å². The van der Waals surface area contributed by atoms with Gasteiger partial charge in [0.2, 0.25) is 0 Å². The maximum atomic E-state index is 12.8. The van der Waals surface area contributed by atoms with E-state index in [1.165, 1.54) is 0 Å². The lowest BCUT2D eigenvalue weighted by molar-refractivity contribution is 0.0712. The zero-order chi connectivity index (χ0) is 20.2. The summed E-state index contributed by atoms with van der Waals surface area (Å²) in [5, 5.41) is 0. The van der Waals surface area contributed by atoms with Crippen LogP contribution in [-0.4, -0.2) is 46.0 Å². The number of methoxy groups -OCH3 is 1. The third kappa shape index (κ3) is 4.11. The summed E-state index contributed by atoms with van der Waals surface area (Å²) >= 11 is 0. The van der Waals surface area contributed by atoms with Crippen molar-refractivity contribution in [1.82, 2.24) is 19.9 Å². The number of rotatable bonds is 4. The average Bonchev–Trinajstić information content (AvgIpc) is 2.79. The Kier molecular flexibility index (Phi) is 5.51. The average molecular weight is 388 g/mol. The second-order valence-electron chi connectivity index (χ2n) is 7.25. The molecule has 1 saturated heterocycles. The Balaban J connectivity index is 1.50. The number of hydrogen-bond donors (Lipinski definition) is 0. The van der Waals surface area contributed by atoms with Crippen LogP contribution in [0.5, 0.6) is 5.75 Å². The molecule has 0 atom stereocenters. The van der Waals surface area contributed by atoms with Crippen LogP contribution in [0.2, 0.25) is 0 Å². The van der Waals surface area contributed by atoms with Crippen LogP contribution in [0.4, 0.5) is 0 Å². The minimum atomic E-state index is 0.0688. The highest BCUT2D eigenvalue weighted by molar-refractivity contribution is 5.94. The van der Waals surface area contributed by atoms with Crippen LogP contribution in [-0.2, 0) is 0 Å². The molecule has 2 aromatic heterocycles. The van der Waals surface area contributed by atoms with E-state index in [-0.39, 0.29) is 5.91 Å². The maximum Gasteiger partial charge on any atom is 0.253 e. The van der Waals surface area contributed by atoms with Gasteiger partial charge in [0.05, 0.1) is 12.8 Å². The van der Waals surface area contributed by atoms with Gasteiger partial charge >= 0.3 is 0 Å². The zero-order valence-corrected chi connectivity index (χ0v) is 16.7. The molecule has 148 valence electrons. The standard InChI is InChI=1S/C23H24N4O2/c1-16-25-15-21(17-7-11-24-12-8-17)22(26-16)18-9-13-27(14-10-18)23(28)19-3-5-20(29-2)6-4-19/h3-8,11-12,15,18H,9-10,13-14H2,1-2H3. The fraction of sp³-hybridized carbons (Fsp3) is 0.304. The number of benzene rings is 1. The van der Waals surface area contributed by atoms with Gasteiger partial charge in [-0.05, 0) is 61.7 Å². The normalized spacial score (nSPS) is 14.6. The van der Waals surface area contributed by atoms with Crippen LogP contribution in [0.3, 0.4) is 0 Å². The summed E-state index contributed by atoms with van der Waals surface area (Å²) < 4.78 is 5.17. The van der Waals surface area contributed by atoms with Crippen LogP contribution in [0.1, 0.15) is 40.6 Å². The van der Waals surface area contributed by atoms with Crippen LogP contribution < -0.4 is 4.74 Å². The van der Waals surface area contributed by atoms with Crippen LogP contribution >= 0.6 is 0 Å². The van der Waals surface area contributed by atoms with Gasteiger partial charge in [-0.15, -0.1) is 0 Å². The summed E-state index contributed by atoms with van der Waals surface area (Å²) in [6.45, 7) is 3.35. The van der Waals surface area contributed by atoms with E-state index >= 15 is 0 Å². The van der Waals surface area contributed by atoms with Crippen molar-refractivity contribution in [3.8, 4) is 16.9 Å². The number of carbonyl (C=O) groups excluding carboxylic acids is 1. The van der Waals surface area contributed by atoms with Gasteiger partial charge in [0.1, 0.15) is 11.6 Å². The van der Waals surface area contributed by atoms with Crippen LogP contribution in [0.25, 0.3) is 11.1 Å². The minimum absolute atomic E-state index is 0.0688. The highest BCUT2D eigenvalue weighted by atomic mass is 16.5. The molecule has 0 saturated carbocycles. The molecule has 29 heavy (non-hydrogen) atoms. The number of hydrogen-bond acceptors (Lipinski definition) is 5. The van der Waals surface area contributed by atoms with E-state index in [0.29, 0.717) is 24.6 Å². The second kappa shape index (κ2) is 8.39. The summed E-state index contributed by atoms with van der Waals surface area (Å²) in [5.74, 6) is 1.90. The lowest BCUT2D eigenvalue weighted by Crippen LogP contribution is -2.38. The van der Waals surface area contributed by atoms with Crippen molar-refractivity contribution in [2.45, 2.75) is 25.7 Å². The largest absolute Gasteiger partial charge is 0.497 e. The first kappa shape index (κ1) is 19.1. The summed E-state index contributed by atoms with van der Waals surface area (Å²) in [7, 11) is 1.62. The van der Waals surface area contributed by atoms with Gasteiger partial charge < -0.3 is 9.64 Å². The third-order valence-corrected chi connectivity index (χ3v) is 5.44. The highest BCUT2D eigenvalue weighted by Gasteiger charge is 2.27. The molecule has 0 bridgehead atoms. The Morgan fingerprint density at radius 1 is 1.07 bits per heavy atom. The van der Waals surface area contributed by atoms with E-state index in [0.717, 1.165) is 41.2 Å². The zero-order valence-electron chi connectivity index (χ0n) is 16.7. The van der Waals surface area contributed by atoms with Gasteiger partial charge in [0.15, 0.2) is 0 Å². The summed E-state index contributed by atoms with van der Waals surface area (Å²) in [5.41, 5.74) is 3.89. The number of likely N-dealkylation sites (tertiary alicyclic amines) is 1. The highest BCUT2D eigenvalue weighted by Crippen LogP contribution is 2.34. The molecule has 6 heteroatoms. The molecule has 0 N–H and O–H groups in total. The van der Waals surface area contributed by atoms with Crippen LogP contribution in [0.15, 0.2) is 55.0 Å². The molecule has 1 fully saturated rings. The molecule has 0 radical (unpaired) electrons. The van der Waals surface area contributed by atoms with Crippen molar-refractivity contribution < 1.29 is 9.53 Å². The monoisotopic (exact) mass is 388 g/mol. The van der Waals surface area contributed by atoms with Crippen molar-refractivity contribution in [2.24, 2.45) is 0 Å². The van der Waals surface area contributed by atoms with E-state index in [2.05, 4.69) is 9.97 Å². The SMILES string of the molecule is COc1ccc(C(=O)N2CCC(c3nc(C)ncc3-c3ccncc3)CC2)cc1. The van der Waals surface area contributed by atoms with E-state index < -0.39 is 0 Å². The molecule has 4 rings (SSSR count). The van der Waals surface area contributed by atoms with Crippen molar-refractivity contribution in [1.29, 1.82) is 0 Å². The fourth-order valence-electron chi connectivity index (χ4n) is 3.82. The topological polar surface area (TPSA) is 68.2 Å². The number of carbonyl (C=O) groups is 1. The number of nitrogens with zero attached hydrogens (tertiary/aromatic N) is 4. The predicted octanol–water partition coefficient (Wildman–Crippen LogP) is 3.88. The van der Waals surface area contributed by atoms with E-state index in [4.69, 9.17) is 9.72 Å². The second-order valence-corrected chi connectivity index (χ2v) is 7.25. The van der Waals surface area contributed by atoms with Gasteiger partial charge in [0.25, 0.3) is 5.91 Å². The molecule has 0 spiro atoms. The molecule has 1 amide bonds. The molecule has 3 heterocycles. The smallest absolute Gasteiger partial charge is 0.253 e. The lowest BCUT2D eigenvalue weighted by Gasteiger charge is -2.32. The molecule has 6 nitrogen and oxygen atoms in total. The van der Waals surface area contributed by atoms with E-state index in [9.17, 15) is 4.79 Å². The first-order valence-corrected chi connectivity index (χ1v) is 9.83. The van der Waals surface area contributed by atoms with Gasteiger partial charge in [-0.1, -0.05) is 0 Å². The Morgan fingerprint density at radius 3 is 2.41 bits per heavy atom. The molecular weight excluding hydrogens is 364 g/mol. The van der Waals surface area contributed by atoms with Gasteiger partial charge in [0, 0.05) is 48.7 Å². The molecule has 1 aliphatic rings. The van der Waals surface area contributed by atoms with Crippen molar-refractivity contribution in [2.75, 3.05) is 20.2 Å². The van der Waals surface area contributed by atoms with E-state index in [1.54, 1.807) is 19.5 Å². The quantitative estimate of drug-likeness (QED) is 0.679. The number of aromatic nitrogens is 3. The molecule has 1 aromatic carbocycles. The van der Waals surface area contributed by atoms with Gasteiger partial charge in [-0.2, -0.15) is 0 Å². The first-order chi connectivity index (χ1) is 14.2. The number of ether oxygens (including phenoxy) is 1. The molecule has 0 aliphatic carbocycles. The predicted molar refractivity (Wildman–Crippen MR) is 111 cm³/mol. The summed E-state index contributed by atoms with van der Waals surface area (Å²) in [4.78, 5) is 28.0. The Bertz CT molecular complexity index is 982. The fourth-order valence-corrected chi connectivity index (χ4v) is 3.82. The molecule has 0 unspecified atom stereocenters. The maximum absolute atomic E-state index is 12.8. The Morgan fingerprint density at radius 2 is 1.76 bits per heavy atom. The number of piperidine rings is 1. The summed E-state index contributed by atoms with van der Waals surface area (Å²) in [6.07, 6.45) is 7.25. The first-order valence-electron chi connectivity index (χ1n) is 9.83. The minimum Gasteiger partial charge on any atom is -0.497 e. The Hall–Kier alpha value is -3.28. The van der Waals surface area contributed by atoms with Gasteiger partial charge in [-0.25, -0.2) is 9.97 Å².